The molecule has 0 radical (unpaired) electrons. The van der Waals surface area contributed by atoms with Crippen LogP contribution in [0.3, 0.4) is 0 Å². The van der Waals surface area contributed by atoms with Gasteiger partial charge >= 0.3 is 27.8 Å². The van der Waals surface area contributed by atoms with E-state index in [1.165, 1.54) is 18.0 Å². The minimum atomic E-state index is 0.958. The Hall–Kier alpha value is 0.338. The van der Waals surface area contributed by atoms with E-state index < -0.39 is 0 Å². The second kappa shape index (κ2) is 18.4. The number of hydrogen-bond donors (Lipinski definition) is 1. The number of rotatable bonds is 1. The topological polar surface area (TPSA) is 52.3 Å². The van der Waals surface area contributed by atoms with Crippen molar-refractivity contribution in [3.63, 3.8) is 0 Å². The average molecular weight is 188 g/mol. The Morgan fingerprint density at radius 3 is 2.00 bits per heavy atom. The Bertz CT molecular complexity index is 34.7. The van der Waals surface area contributed by atoms with E-state index in [0.29, 0.717) is 0 Å². The van der Waals surface area contributed by atoms with Crippen LogP contribution in [0, 0.1) is 0 Å². The molecule has 0 aliphatic carbocycles. The Kier molecular flexibility index (Phi) is 29.4. The Morgan fingerprint density at radius 2 is 2.00 bits per heavy atom. The molecule has 0 atom stereocenters. The molecule has 0 aromatic carbocycles. The summed E-state index contributed by atoms with van der Waals surface area (Å²) in [5.74, 6) is 4.10. The van der Waals surface area contributed by atoms with Crippen LogP contribution >= 0.6 is 9.82 Å². The minimum absolute atomic E-state index is 0.958. The van der Waals surface area contributed by atoms with Gasteiger partial charge in [0, 0.05) is 0 Å². The van der Waals surface area contributed by atoms with Crippen LogP contribution in [-0.2, 0) is 27.6 Å². The average Bonchev–Trinajstić information content (AvgIpc) is 1.72. The van der Waals surface area contributed by atoms with Crippen molar-refractivity contribution < 1.29 is 27.6 Å². The van der Waals surface area contributed by atoms with Gasteiger partial charge in [0.05, 0.1) is 0 Å². The van der Waals surface area contributed by atoms with Crippen LogP contribution in [0.4, 0.5) is 0 Å². The quantitative estimate of drug-likeness (QED) is 0.345. The van der Waals surface area contributed by atoms with E-state index in [-0.39, 0.29) is 0 Å². The zero-order valence-electron chi connectivity index (χ0n) is 2.71. The predicted octanol–water partition coefficient (Wildman–Crippen LogP) is -0.410. The first kappa shape index (κ1) is 9.60. The third kappa shape index (κ3) is 27.0. The van der Waals surface area contributed by atoms with Crippen molar-refractivity contribution in [3.8, 4) is 0 Å². The number of nitrogens with two attached hydrogens (primary N) is 1. The van der Waals surface area contributed by atoms with Crippen molar-refractivity contribution in [2.45, 2.75) is 0 Å². The van der Waals surface area contributed by atoms with Crippen LogP contribution in [0.15, 0.2) is 0 Å². The van der Waals surface area contributed by atoms with Gasteiger partial charge in [-0.25, -0.2) is 5.90 Å². The molecule has 0 bridgehead atoms. The number of hydrogen-bond acceptors (Lipinski definition) is 4. The molecular weight excluding hydrogens is 186 g/mol. The normalized spacial score (nSPS) is 4.17. The molecule has 0 aliphatic rings. The maximum absolute atomic E-state index is 8.70. The van der Waals surface area contributed by atoms with Gasteiger partial charge in [-0.05, 0) is 6.47 Å². The van der Waals surface area contributed by atoms with E-state index in [9.17, 15) is 0 Å². The summed E-state index contributed by atoms with van der Waals surface area (Å²) in [5, 5.41) is 0. The molecule has 0 unspecified atom stereocenters. The van der Waals surface area contributed by atoms with Crippen LogP contribution in [-0.4, -0.2) is 6.47 Å². The molecule has 0 rings (SSSR count). The second-order valence-electron chi connectivity index (χ2n) is 0.201. The number of carbonyl (C=O) groups excluding carboxylic acids is 1. The van der Waals surface area contributed by atoms with Gasteiger partial charge in [-0.2, -0.15) is 0 Å². The summed E-state index contributed by atoms with van der Waals surface area (Å²) in [6.07, 6.45) is 0. The first-order valence-corrected chi connectivity index (χ1v) is 3.60. The monoisotopic (exact) mass is 190 g/mol. The molecule has 0 fully saturated rings. The van der Waals surface area contributed by atoms with E-state index in [4.69, 9.17) is 4.79 Å². The summed E-state index contributed by atoms with van der Waals surface area (Å²) < 4.78 is 0. The summed E-state index contributed by atoms with van der Waals surface area (Å²) >= 11 is 1.53. The molecule has 3 nitrogen and oxygen atoms in total. The Balaban J connectivity index is 0. The molecule has 0 aromatic heterocycles. The first-order chi connectivity index (χ1) is 2.91. The molecule has 0 aromatic rings. The van der Waals surface area contributed by atoms with Crippen molar-refractivity contribution >= 4 is 16.3 Å². The summed E-state index contributed by atoms with van der Waals surface area (Å²) in [6, 6.07) is 0. The standard InChI is InChI=1S/CH2NO2.Mo.S/c2-4-1-3;;/h2H2;;/q-1;;. The predicted molar refractivity (Wildman–Crippen MR) is 18.6 cm³/mol. The van der Waals surface area contributed by atoms with Crippen LogP contribution in [0.25, 0.3) is 0 Å². The SMILES string of the molecule is NO[C-]=O.[S]=[Mo]. The molecule has 0 saturated carbocycles. The zero-order valence-corrected chi connectivity index (χ0v) is 5.53. The van der Waals surface area contributed by atoms with E-state index in [0.717, 1.165) is 6.47 Å². The summed E-state index contributed by atoms with van der Waals surface area (Å²) in [7, 11) is 4.09. The molecular formula is CH2MoNO2S-. The molecule has 2 N–H and O–H groups in total. The van der Waals surface area contributed by atoms with Crippen LogP contribution in [0.2, 0.25) is 0 Å². The third-order valence-electron chi connectivity index (χ3n) is 0.0481. The molecule has 0 amide bonds. The third-order valence-corrected chi connectivity index (χ3v) is 0.0481. The van der Waals surface area contributed by atoms with Gasteiger partial charge in [0.2, 0.25) is 0 Å². The Labute approximate surface area is 50.1 Å². The van der Waals surface area contributed by atoms with E-state index >= 15 is 0 Å². The molecule has 36 valence electrons. The summed E-state index contributed by atoms with van der Waals surface area (Å²) in [5.41, 5.74) is 0. The van der Waals surface area contributed by atoms with Crippen LogP contribution < -0.4 is 5.90 Å². The van der Waals surface area contributed by atoms with E-state index in [1.807, 2.05) is 0 Å². The van der Waals surface area contributed by atoms with Crippen LogP contribution in [0.1, 0.15) is 0 Å². The second-order valence-corrected chi connectivity index (χ2v) is 0.201. The van der Waals surface area contributed by atoms with Crippen molar-refractivity contribution in [2.24, 2.45) is 5.90 Å². The Morgan fingerprint density at radius 1 is 1.83 bits per heavy atom. The van der Waals surface area contributed by atoms with Gasteiger partial charge in [-0.3, -0.25) is 0 Å². The molecule has 0 saturated heterocycles. The zero-order chi connectivity index (χ0) is 5.41. The maximum atomic E-state index is 8.70. The fourth-order valence-corrected chi connectivity index (χ4v) is 0. The summed E-state index contributed by atoms with van der Waals surface area (Å²) in [4.78, 5) is 11.9. The van der Waals surface area contributed by atoms with Crippen LogP contribution in [0.5, 0.6) is 0 Å². The van der Waals surface area contributed by atoms with Gasteiger partial charge < -0.3 is 9.63 Å². The van der Waals surface area contributed by atoms with Crippen molar-refractivity contribution in [1.29, 1.82) is 0 Å². The van der Waals surface area contributed by atoms with Crippen molar-refractivity contribution in [1.82, 2.24) is 0 Å². The fraction of sp³-hybridized carbons (Fsp3) is 0. The van der Waals surface area contributed by atoms with Gasteiger partial charge in [0.25, 0.3) is 0 Å². The van der Waals surface area contributed by atoms with Crippen molar-refractivity contribution in [3.05, 3.63) is 0 Å². The molecule has 6 heavy (non-hydrogen) atoms. The van der Waals surface area contributed by atoms with Gasteiger partial charge in [-0.1, -0.05) is 0 Å². The van der Waals surface area contributed by atoms with Gasteiger partial charge in [0.15, 0.2) is 0 Å². The van der Waals surface area contributed by atoms with Gasteiger partial charge in [-0.15, -0.1) is 0 Å². The van der Waals surface area contributed by atoms with E-state index in [2.05, 4.69) is 20.6 Å². The van der Waals surface area contributed by atoms with E-state index in [1.54, 1.807) is 0 Å². The molecule has 0 spiro atoms. The van der Waals surface area contributed by atoms with Crippen molar-refractivity contribution in [2.75, 3.05) is 0 Å². The van der Waals surface area contributed by atoms with Gasteiger partial charge in [0.1, 0.15) is 0 Å². The molecule has 0 aliphatic heterocycles. The fourth-order valence-electron chi connectivity index (χ4n) is 0. The summed E-state index contributed by atoms with van der Waals surface area (Å²) in [6.45, 7) is 0.958. The molecule has 0 heterocycles. The first-order valence-electron chi connectivity index (χ1n) is 0.811. The molecule has 5 heteroatoms.